The van der Waals surface area contributed by atoms with Gasteiger partial charge >= 0.3 is 0 Å². The van der Waals surface area contributed by atoms with E-state index in [9.17, 15) is 0 Å². The molecule has 0 fully saturated rings. The molecule has 0 amide bonds. The molecule has 0 aliphatic heterocycles. The van der Waals surface area contributed by atoms with Crippen LogP contribution in [0.4, 0.5) is 0 Å². The van der Waals surface area contributed by atoms with Crippen LogP contribution < -0.4 is 0 Å². The second kappa shape index (κ2) is 4.11. The van der Waals surface area contributed by atoms with Gasteiger partial charge in [0.05, 0.1) is 10.7 Å². The average Bonchev–Trinajstić information content (AvgIpc) is 2.65. The molecule has 3 nitrogen and oxygen atoms in total. The second-order valence-electron chi connectivity index (χ2n) is 2.76. The van der Waals surface area contributed by atoms with Gasteiger partial charge in [-0.15, -0.1) is 11.6 Å². The molecule has 0 radical (unpaired) electrons. The van der Waals surface area contributed by atoms with Gasteiger partial charge in [0.15, 0.2) is 5.82 Å². The van der Waals surface area contributed by atoms with Crippen LogP contribution in [-0.2, 0) is 5.88 Å². The molecule has 0 aromatic carbocycles. The highest BCUT2D eigenvalue weighted by Gasteiger charge is 2.00. The number of aromatic nitrogens is 3. The first kappa shape index (κ1) is 9.68. The van der Waals surface area contributed by atoms with Gasteiger partial charge < -0.3 is 0 Å². The minimum absolute atomic E-state index is 0.484. The van der Waals surface area contributed by atoms with E-state index in [1.54, 1.807) is 17.1 Å². The first-order valence-electron chi connectivity index (χ1n) is 4.01. The number of pyridine rings is 1. The smallest absolute Gasteiger partial charge is 0.153 e. The Hall–Kier alpha value is -0.870. The highest BCUT2D eigenvalue weighted by molar-refractivity contribution is 9.10. The molecule has 5 heteroatoms. The van der Waals surface area contributed by atoms with Crippen LogP contribution in [0, 0.1) is 0 Å². The minimum atomic E-state index is 0.484. The van der Waals surface area contributed by atoms with Crippen LogP contribution in [0.5, 0.6) is 0 Å². The molecular formula is C9H7BrClN3. The fourth-order valence-corrected chi connectivity index (χ4v) is 1.55. The van der Waals surface area contributed by atoms with Crippen LogP contribution in [0.25, 0.3) is 5.82 Å². The first-order chi connectivity index (χ1) is 6.79. The Labute approximate surface area is 94.9 Å². The zero-order valence-electron chi connectivity index (χ0n) is 7.19. The topological polar surface area (TPSA) is 30.7 Å². The van der Waals surface area contributed by atoms with Gasteiger partial charge in [-0.2, -0.15) is 5.10 Å². The van der Waals surface area contributed by atoms with E-state index in [2.05, 4.69) is 26.0 Å². The van der Waals surface area contributed by atoms with Crippen molar-refractivity contribution < 1.29 is 0 Å². The molecule has 2 aromatic heterocycles. The average molecular weight is 273 g/mol. The fourth-order valence-electron chi connectivity index (χ4n) is 1.10. The van der Waals surface area contributed by atoms with Crippen LogP contribution >= 0.6 is 27.5 Å². The molecule has 0 aliphatic rings. The predicted molar refractivity (Wildman–Crippen MR) is 58.6 cm³/mol. The summed E-state index contributed by atoms with van der Waals surface area (Å²) in [5, 5.41) is 4.13. The molecule has 0 spiro atoms. The fraction of sp³-hybridized carbons (Fsp3) is 0.111. The lowest BCUT2D eigenvalue weighted by Crippen LogP contribution is -1.97. The lowest BCUT2D eigenvalue weighted by Gasteiger charge is -2.00. The van der Waals surface area contributed by atoms with E-state index in [1.165, 1.54) is 0 Å². The molecule has 2 aromatic rings. The molecular weight excluding hydrogens is 265 g/mol. The van der Waals surface area contributed by atoms with E-state index in [1.807, 2.05) is 18.3 Å². The molecule has 2 heterocycles. The number of alkyl halides is 1. The molecule has 0 N–H and O–H groups in total. The molecule has 0 unspecified atom stereocenters. The van der Waals surface area contributed by atoms with Crippen molar-refractivity contribution in [3.63, 3.8) is 0 Å². The van der Waals surface area contributed by atoms with E-state index in [-0.39, 0.29) is 0 Å². The van der Waals surface area contributed by atoms with Crippen LogP contribution in [-0.4, -0.2) is 14.8 Å². The highest BCUT2D eigenvalue weighted by atomic mass is 79.9. The number of hydrogen-bond acceptors (Lipinski definition) is 2. The number of hydrogen-bond donors (Lipinski definition) is 0. The van der Waals surface area contributed by atoms with Crippen molar-refractivity contribution in [3.8, 4) is 5.82 Å². The normalized spacial score (nSPS) is 10.4. The van der Waals surface area contributed by atoms with Crippen molar-refractivity contribution in [1.29, 1.82) is 0 Å². The molecule has 2 rings (SSSR count). The van der Waals surface area contributed by atoms with Crippen molar-refractivity contribution in [2.24, 2.45) is 0 Å². The molecule has 0 atom stereocenters. The van der Waals surface area contributed by atoms with Crippen LogP contribution in [0.1, 0.15) is 5.56 Å². The third kappa shape index (κ3) is 1.96. The summed E-state index contributed by atoms with van der Waals surface area (Å²) >= 11 is 9.05. The molecule has 0 saturated heterocycles. The minimum Gasteiger partial charge on any atom is -0.237 e. The SMILES string of the molecule is ClCc1ccnc(-n2cc(Br)cn2)c1. The Kier molecular flexibility index (Phi) is 2.84. The highest BCUT2D eigenvalue weighted by Crippen LogP contribution is 2.12. The van der Waals surface area contributed by atoms with Crippen LogP contribution in [0.3, 0.4) is 0 Å². The van der Waals surface area contributed by atoms with Gasteiger partial charge in [0, 0.05) is 18.3 Å². The van der Waals surface area contributed by atoms with E-state index in [0.717, 1.165) is 15.9 Å². The summed E-state index contributed by atoms with van der Waals surface area (Å²) in [7, 11) is 0. The lowest BCUT2D eigenvalue weighted by atomic mass is 10.3. The van der Waals surface area contributed by atoms with Gasteiger partial charge in [0.2, 0.25) is 0 Å². The van der Waals surface area contributed by atoms with Gasteiger partial charge in [-0.05, 0) is 33.6 Å². The van der Waals surface area contributed by atoms with Gasteiger partial charge in [0.1, 0.15) is 0 Å². The van der Waals surface area contributed by atoms with Crippen molar-refractivity contribution in [2.45, 2.75) is 5.88 Å². The quantitative estimate of drug-likeness (QED) is 0.787. The Morgan fingerprint density at radius 3 is 3.00 bits per heavy atom. The van der Waals surface area contributed by atoms with E-state index in [0.29, 0.717) is 5.88 Å². The van der Waals surface area contributed by atoms with Gasteiger partial charge in [-0.1, -0.05) is 0 Å². The van der Waals surface area contributed by atoms with Gasteiger partial charge in [-0.3, -0.25) is 0 Å². The maximum Gasteiger partial charge on any atom is 0.153 e. The maximum atomic E-state index is 5.72. The molecule has 0 aliphatic carbocycles. The van der Waals surface area contributed by atoms with Gasteiger partial charge in [0.25, 0.3) is 0 Å². The predicted octanol–water partition coefficient (Wildman–Crippen LogP) is 2.77. The maximum absolute atomic E-state index is 5.72. The summed E-state index contributed by atoms with van der Waals surface area (Å²) in [6.07, 6.45) is 5.29. The van der Waals surface area contributed by atoms with Crippen molar-refractivity contribution in [2.75, 3.05) is 0 Å². The summed E-state index contributed by atoms with van der Waals surface area (Å²) in [6.45, 7) is 0. The molecule has 0 bridgehead atoms. The monoisotopic (exact) mass is 271 g/mol. The first-order valence-corrected chi connectivity index (χ1v) is 5.34. The van der Waals surface area contributed by atoms with E-state index < -0.39 is 0 Å². The summed E-state index contributed by atoms with van der Waals surface area (Å²) < 4.78 is 2.62. The Bertz CT molecular complexity index is 441. The number of rotatable bonds is 2. The molecule has 72 valence electrons. The third-order valence-electron chi connectivity index (χ3n) is 1.75. The van der Waals surface area contributed by atoms with E-state index >= 15 is 0 Å². The summed E-state index contributed by atoms with van der Waals surface area (Å²) in [5.41, 5.74) is 1.03. The van der Waals surface area contributed by atoms with Crippen molar-refractivity contribution in [1.82, 2.24) is 14.8 Å². The lowest BCUT2D eigenvalue weighted by molar-refractivity contribution is 0.844. The number of halogens is 2. The second-order valence-corrected chi connectivity index (χ2v) is 3.94. The Morgan fingerprint density at radius 2 is 2.36 bits per heavy atom. The zero-order chi connectivity index (χ0) is 9.97. The van der Waals surface area contributed by atoms with Crippen molar-refractivity contribution in [3.05, 3.63) is 40.8 Å². The third-order valence-corrected chi connectivity index (χ3v) is 2.47. The van der Waals surface area contributed by atoms with Crippen LogP contribution in [0.2, 0.25) is 0 Å². The summed E-state index contributed by atoms with van der Waals surface area (Å²) in [5.74, 6) is 1.26. The van der Waals surface area contributed by atoms with Crippen LogP contribution in [0.15, 0.2) is 35.2 Å². The standard InChI is InChI=1S/C9H7BrClN3/c10-8-5-13-14(6-8)9-3-7(4-11)1-2-12-9/h1-3,5-6H,4H2. The number of nitrogens with zero attached hydrogens (tertiary/aromatic N) is 3. The Balaban J connectivity index is 2.41. The van der Waals surface area contributed by atoms with Gasteiger partial charge in [-0.25, -0.2) is 9.67 Å². The van der Waals surface area contributed by atoms with Crippen molar-refractivity contribution >= 4 is 27.5 Å². The van der Waals surface area contributed by atoms with E-state index in [4.69, 9.17) is 11.6 Å². The summed E-state index contributed by atoms with van der Waals surface area (Å²) in [4.78, 5) is 4.19. The largest absolute Gasteiger partial charge is 0.237 e. The zero-order valence-corrected chi connectivity index (χ0v) is 9.53. The molecule has 0 saturated carbocycles. The molecule has 14 heavy (non-hydrogen) atoms. The summed E-state index contributed by atoms with van der Waals surface area (Å²) in [6, 6.07) is 3.79. The Morgan fingerprint density at radius 1 is 1.50 bits per heavy atom.